The SMILES string of the molecule is CCCCCCCCCCCCCCCCOCC(O)CN(C(=O)CCCCCCCCCCCCCCC)C(C)OCCO. The summed E-state index contributed by atoms with van der Waals surface area (Å²) < 4.78 is 11.4. The van der Waals surface area contributed by atoms with Gasteiger partial charge in [-0.15, -0.1) is 0 Å². The van der Waals surface area contributed by atoms with Gasteiger partial charge in [0.15, 0.2) is 0 Å². The van der Waals surface area contributed by atoms with Gasteiger partial charge in [-0.05, 0) is 19.8 Å². The molecule has 0 radical (unpaired) electrons. The van der Waals surface area contributed by atoms with E-state index in [0.717, 1.165) is 19.3 Å². The van der Waals surface area contributed by atoms with Crippen LogP contribution in [0.4, 0.5) is 0 Å². The Labute approximate surface area is 280 Å². The number of aliphatic hydroxyl groups excluding tert-OH is 2. The van der Waals surface area contributed by atoms with Crippen LogP contribution in [0.2, 0.25) is 0 Å². The van der Waals surface area contributed by atoms with E-state index in [-0.39, 0.29) is 32.3 Å². The molecule has 0 heterocycles. The van der Waals surface area contributed by atoms with Crippen LogP contribution in [0.25, 0.3) is 0 Å². The van der Waals surface area contributed by atoms with Crippen molar-refractivity contribution in [1.29, 1.82) is 0 Å². The van der Waals surface area contributed by atoms with Gasteiger partial charge in [-0.25, -0.2) is 0 Å². The summed E-state index contributed by atoms with van der Waals surface area (Å²) in [4.78, 5) is 14.7. The third-order valence-electron chi connectivity index (χ3n) is 9.06. The molecule has 2 atom stereocenters. The number of unbranched alkanes of at least 4 members (excludes halogenated alkanes) is 25. The van der Waals surface area contributed by atoms with Crippen molar-refractivity contribution >= 4 is 5.91 Å². The maximum Gasteiger partial charge on any atom is 0.224 e. The molecule has 0 rings (SSSR count). The first-order chi connectivity index (χ1) is 22.1. The van der Waals surface area contributed by atoms with Crippen LogP contribution in [0, 0.1) is 0 Å². The second kappa shape index (κ2) is 36.2. The van der Waals surface area contributed by atoms with Crippen LogP contribution < -0.4 is 0 Å². The van der Waals surface area contributed by atoms with E-state index in [1.807, 2.05) is 6.92 Å². The van der Waals surface area contributed by atoms with Crippen molar-refractivity contribution < 1.29 is 24.5 Å². The van der Waals surface area contributed by atoms with Crippen molar-refractivity contribution in [3.63, 3.8) is 0 Å². The fourth-order valence-electron chi connectivity index (χ4n) is 6.10. The van der Waals surface area contributed by atoms with Crippen LogP contribution in [0.5, 0.6) is 0 Å². The minimum Gasteiger partial charge on any atom is -0.394 e. The molecule has 0 aliphatic heterocycles. The average Bonchev–Trinajstić information content (AvgIpc) is 3.04. The highest BCUT2D eigenvalue weighted by Crippen LogP contribution is 2.15. The first kappa shape index (κ1) is 44.3. The topological polar surface area (TPSA) is 79.2 Å². The number of hydrogen-bond donors (Lipinski definition) is 2. The molecule has 6 heteroatoms. The fourth-order valence-corrected chi connectivity index (χ4v) is 6.10. The summed E-state index contributed by atoms with van der Waals surface area (Å²) in [6.45, 7) is 7.53. The normalized spacial score (nSPS) is 12.9. The quantitative estimate of drug-likeness (QED) is 0.0521. The van der Waals surface area contributed by atoms with Crippen molar-refractivity contribution in [3.8, 4) is 0 Å². The van der Waals surface area contributed by atoms with E-state index in [2.05, 4.69) is 13.8 Å². The third kappa shape index (κ3) is 31.7. The zero-order valence-electron chi connectivity index (χ0n) is 30.6. The van der Waals surface area contributed by atoms with E-state index in [4.69, 9.17) is 14.6 Å². The first-order valence-corrected chi connectivity index (χ1v) is 19.8. The van der Waals surface area contributed by atoms with Gasteiger partial charge in [0.25, 0.3) is 0 Å². The molecule has 0 saturated heterocycles. The van der Waals surface area contributed by atoms with Crippen molar-refractivity contribution in [2.75, 3.05) is 33.0 Å². The summed E-state index contributed by atoms with van der Waals surface area (Å²) in [5.74, 6) is 0.00883. The van der Waals surface area contributed by atoms with Crippen molar-refractivity contribution in [3.05, 3.63) is 0 Å². The second-order valence-corrected chi connectivity index (χ2v) is 13.6. The molecule has 0 aromatic carbocycles. The Kier molecular flexibility index (Phi) is 35.6. The number of hydrogen-bond acceptors (Lipinski definition) is 5. The van der Waals surface area contributed by atoms with Gasteiger partial charge in [-0.2, -0.15) is 0 Å². The van der Waals surface area contributed by atoms with Gasteiger partial charge in [0.2, 0.25) is 5.91 Å². The molecule has 45 heavy (non-hydrogen) atoms. The second-order valence-electron chi connectivity index (χ2n) is 13.6. The summed E-state index contributed by atoms with van der Waals surface area (Å²) in [6.07, 6.45) is 34.5. The van der Waals surface area contributed by atoms with Gasteiger partial charge >= 0.3 is 0 Å². The van der Waals surface area contributed by atoms with E-state index in [9.17, 15) is 9.90 Å². The van der Waals surface area contributed by atoms with Crippen LogP contribution in [0.3, 0.4) is 0 Å². The van der Waals surface area contributed by atoms with Gasteiger partial charge in [-0.3, -0.25) is 4.79 Å². The van der Waals surface area contributed by atoms with E-state index >= 15 is 0 Å². The molecule has 270 valence electrons. The maximum atomic E-state index is 13.0. The summed E-state index contributed by atoms with van der Waals surface area (Å²) in [5, 5.41) is 19.8. The summed E-state index contributed by atoms with van der Waals surface area (Å²) in [6, 6.07) is 0. The van der Waals surface area contributed by atoms with Gasteiger partial charge in [0, 0.05) is 13.0 Å². The Hall–Kier alpha value is -0.690. The van der Waals surface area contributed by atoms with Gasteiger partial charge in [0.05, 0.1) is 32.5 Å². The first-order valence-electron chi connectivity index (χ1n) is 19.8. The molecular weight excluding hydrogens is 562 g/mol. The molecule has 0 fully saturated rings. The minimum atomic E-state index is -0.743. The van der Waals surface area contributed by atoms with Crippen LogP contribution in [0.1, 0.15) is 201 Å². The predicted octanol–water partition coefficient (Wildman–Crippen LogP) is 10.5. The zero-order valence-corrected chi connectivity index (χ0v) is 30.6. The van der Waals surface area contributed by atoms with Crippen molar-refractivity contribution in [2.24, 2.45) is 0 Å². The Balaban J connectivity index is 3.92. The lowest BCUT2D eigenvalue weighted by Gasteiger charge is -2.31. The van der Waals surface area contributed by atoms with Crippen LogP contribution in [-0.4, -0.2) is 66.3 Å². The van der Waals surface area contributed by atoms with Gasteiger partial charge in [0.1, 0.15) is 6.23 Å². The maximum absolute atomic E-state index is 13.0. The fraction of sp³-hybridized carbons (Fsp3) is 0.974. The minimum absolute atomic E-state index is 0.00883. The Morgan fingerprint density at radius 3 is 1.36 bits per heavy atom. The summed E-state index contributed by atoms with van der Waals surface area (Å²) >= 11 is 0. The molecule has 6 nitrogen and oxygen atoms in total. The highest BCUT2D eigenvalue weighted by Gasteiger charge is 2.23. The Bertz CT molecular complexity index is 590. The molecule has 0 aliphatic carbocycles. The number of nitrogens with zero attached hydrogens (tertiary/aromatic N) is 1. The molecule has 2 unspecified atom stereocenters. The Morgan fingerprint density at radius 2 is 0.956 bits per heavy atom. The standard InChI is InChI=1S/C39H79NO5/c1-4-6-8-10-12-14-16-18-20-22-24-26-28-30-33-44-36-38(42)35-40(37(3)45-34-32-41)39(43)31-29-27-25-23-21-19-17-15-13-11-9-7-5-2/h37-38,41-42H,4-36H2,1-3H3. The average molecular weight is 642 g/mol. The van der Waals surface area contributed by atoms with E-state index < -0.39 is 12.3 Å². The van der Waals surface area contributed by atoms with E-state index in [0.29, 0.717) is 13.0 Å². The predicted molar refractivity (Wildman–Crippen MR) is 192 cm³/mol. The van der Waals surface area contributed by atoms with Crippen LogP contribution in [-0.2, 0) is 14.3 Å². The highest BCUT2D eigenvalue weighted by atomic mass is 16.5. The number of aliphatic hydroxyl groups is 2. The van der Waals surface area contributed by atoms with Crippen molar-refractivity contribution in [2.45, 2.75) is 213 Å². The number of carbonyl (C=O) groups excluding carboxylic acids is 1. The Morgan fingerprint density at radius 1 is 0.578 bits per heavy atom. The molecule has 0 spiro atoms. The van der Waals surface area contributed by atoms with Gasteiger partial charge in [-0.1, -0.05) is 174 Å². The van der Waals surface area contributed by atoms with E-state index in [1.165, 1.54) is 154 Å². The summed E-state index contributed by atoms with van der Waals surface area (Å²) in [5.41, 5.74) is 0. The van der Waals surface area contributed by atoms with E-state index in [1.54, 1.807) is 4.90 Å². The monoisotopic (exact) mass is 642 g/mol. The smallest absolute Gasteiger partial charge is 0.224 e. The molecule has 0 aromatic heterocycles. The molecule has 1 amide bonds. The zero-order chi connectivity index (χ0) is 33.1. The molecule has 0 bridgehead atoms. The molecule has 0 saturated carbocycles. The number of ether oxygens (including phenoxy) is 2. The number of rotatable bonds is 37. The number of carbonyl (C=O) groups is 1. The lowest BCUT2D eigenvalue weighted by Crippen LogP contribution is -2.45. The van der Waals surface area contributed by atoms with Gasteiger partial charge < -0.3 is 24.6 Å². The van der Waals surface area contributed by atoms with Crippen molar-refractivity contribution in [1.82, 2.24) is 4.90 Å². The van der Waals surface area contributed by atoms with Crippen LogP contribution in [0.15, 0.2) is 0 Å². The largest absolute Gasteiger partial charge is 0.394 e. The third-order valence-corrected chi connectivity index (χ3v) is 9.06. The van der Waals surface area contributed by atoms with Crippen LogP contribution >= 0.6 is 0 Å². The molecular formula is C39H79NO5. The lowest BCUT2D eigenvalue weighted by atomic mass is 10.0. The molecule has 2 N–H and O–H groups in total. The number of amides is 1. The lowest BCUT2D eigenvalue weighted by molar-refractivity contribution is -0.149. The summed E-state index contributed by atoms with van der Waals surface area (Å²) in [7, 11) is 0. The molecule has 0 aromatic rings. The molecule has 0 aliphatic rings. The highest BCUT2D eigenvalue weighted by molar-refractivity contribution is 5.76.